The molecule has 0 spiro atoms. The van der Waals surface area contributed by atoms with Gasteiger partial charge >= 0.3 is 0 Å². The number of hydrogen-bond donors (Lipinski definition) is 2. The first-order valence-electron chi connectivity index (χ1n) is 6.67. The highest BCUT2D eigenvalue weighted by Crippen LogP contribution is 2.34. The van der Waals surface area contributed by atoms with E-state index in [0.29, 0.717) is 6.42 Å². The van der Waals surface area contributed by atoms with Gasteiger partial charge in [-0.2, -0.15) is 0 Å². The number of benzene rings is 1. The van der Waals surface area contributed by atoms with Crippen LogP contribution in [0.15, 0.2) is 24.3 Å². The van der Waals surface area contributed by atoms with Crippen LogP contribution in [0, 0.1) is 0 Å². The van der Waals surface area contributed by atoms with Crippen LogP contribution in [0.3, 0.4) is 0 Å². The number of nitrogens with one attached hydrogen (secondary N) is 1. The number of ether oxygens (including phenoxy) is 2. The molecule has 2 atom stereocenters. The van der Waals surface area contributed by atoms with Crippen molar-refractivity contribution in [3.63, 3.8) is 0 Å². The lowest BCUT2D eigenvalue weighted by molar-refractivity contribution is -0.147. The molecule has 0 aromatic heterocycles. The van der Waals surface area contributed by atoms with Crippen molar-refractivity contribution >= 4 is 0 Å². The van der Waals surface area contributed by atoms with E-state index in [1.165, 1.54) is 11.1 Å². The van der Waals surface area contributed by atoms with Crippen LogP contribution in [0.1, 0.15) is 30.5 Å². The second-order valence-electron chi connectivity index (χ2n) is 5.30. The minimum Gasteiger partial charge on any atom is -0.388 e. The van der Waals surface area contributed by atoms with Gasteiger partial charge in [-0.25, -0.2) is 0 Å². The van der Waals surface area contributed by atoms with E-state index in [2.05, 4.69) is 17.4 Å². The van der Waals surface area contributed by atoms with Crippen LogP contribution in [0.5, 0.6) is 0 Å². The lowest BCUT2D eigenvalue weighted by Crippen LogP contribution is -2.47. The van der Waals surface area contributed by atoms with Crippen LogP contribution in [0.4, 0.5) is 0 Å². The average Bonchev–Trinajstić information content (AvgIpc) is 2.44. The zero-order chi connectivity index (χ0) is 13.9. The Balaban J connectivity index is 2.21. The smallest absolute Gasteiger partial charge is 0.159 e. The molecule has 1 heterocycles. The summed E-state index contributed by atoms with van der Waals surface area (Å²) < 4.78 is 10.4. The van der Waals surface area contributed by atoms with Crippen molar-refractivity contribution < 1.29 is 14.6 Å². The molecule has 19 heavy (non-hydrogen) atoms. The van der Waals surface area contributed by atoms with Crippen molar-refractivity contribution in [2.24, 2.45) is 0 Å². The van der Waals surface area contributed by atoms with E-state index in [-0.39, 0.29) is 6.04 Å². The van der Waals surface area contributed by atoms with E-state index < -0.39 is 11.9 Å². The first-order valence-corrected chi connectivity index (χ1v) is 6.67. The van der Waals surface area contributed by atoms with E-state index >= 15 is 0 Å². The van der Waals surface area contributed by atoms with Crippen molar-refractivity contribution in [3.8, 4) is 0 Å². The Bertz CT molecular complexity index is 416. The molecule has 4 nitrogen and oxygen atoms in total. The van der Waals surface area contributed by atoms with Gasteiger partial charge in [-0.15, -0.1) is 0 Å². The molecule has 2 N–H and O–H groups in total. The molecule has 0 fully saturated rings. The molecule has 2 rings (SSSR count). The second-order valence-corrected chi connectivity index (χ2v) is 5.30. The molecule has 1 aliphatic rings. The van der Waals surface area contributed by atoms with Gasteiger partial charge in [-0.05, 0) is 31.0 Å². The molecule has 0 bridgehead atoms. The zero-order valence-corrected chi connectivity index (χ0v) is 11.8. The Morgan fingerprint density at radius 1 is 1.37 bits per heavy atom. The third-order valence-electron chi connectivity index (χ3n) is 3.84. The topological polar surface area (TPSA) is 50.7 Å². The normalized spacial score (nSPS) is 22.1. The van der Waals surface area contributed by atoms with Crippen LogP contribution >= 0.6 is 0 Å². The summed E-state index contributed by atoms with van der Waals surface area (Å²) in [5, 5.41) is 14.2. The van der Waals surface area contributed by atoms with Gasteiger partial charge in [0.25, 0.3) is 0 Å². The lowest BCUT2D eigenvalue weighted by atomic mass is 9.82. The summed E-state index contributed by atoms with van der Waals surface area (Å²) in [7, 11) is 3.18. The lowest BCUT2D eigenvalue weighted by Gasteiger charge is -2.39. The van der Waals surface area contributed by atoms with Crippen LogP contribution in [0.2, 0.25) is 0 Å². The number of fused-ring (bicyclic) bond motifs is 1. The van der Waals surface area contributed by atoms with E-state index in [1.54, 1.807) is 14.2 Å². The Labute approximate surface area is 114 Å². The van der Waals surface area contributed by atoms with Gasteiger partial charge in [0, 0.05) is 20.6 Å². The maximum atomic E-state index is 10.8. The fraction of sp³-hybridized carbons (Fsp3) is 0.600. The predicted octanol–water partition coefficient (Wildman–Crippen LogP) is 1.63. The molecule has 0 radical (unpaired) electrons. The molecule has 0 aliphatic carbocycles. The van der Waals surface area contributed by atoms with Gasteiger partial charge in [-0.1, -0.05) is 24.3 Å². The summed E-state index contributed by atoms with van der Waals surface area (Å²) in [5.41, 5.74) is 1.55. The molecule has 1 aliphatic heterocycles. The van der Waals surface area contributed by atoms with E-state index in [4.69, 9.17) is 9.47 Å². The second kappa shape index (κ2) is 6.01. The fourth-order valence-corrected chi connectivity index (χ4v) is 2.78. The molecule has 1 aromatic carbocycles. The average molecular weight is 265 g/mol. The summed E-state index contributed by atoms with van der Waals surface area (Å²) in [6, 6.07) is 8.17. The Morgan fingerprint density at radius 2 is 2.05 bits per heavy atom. The third kappa shape index (κ3) is 3.15. The van der Waals surface area contributed by atoms with Crippen molar-refractivity contribution in [3.05, 3.63) is 35.4 Å². The first kappa shape index (κ1) is 14.5. The third-order valence-corrected chi connectivity index (χ3v) is 3.84. The first-order chi connectivity index (χ1) is 9.08. The maximum Gasteiger partial charge on any atom is 0.159 e. The minimum atomic E-state index is -0.923. The highest BCUT2D eigenvalue weighted by atomic mass is 16.7. The van der Waals surface area contributed by atoms with Gasteiger partial charge in [0.2, 0.25) is 0 Å². The quantitative estimate of drug-likeness (QED) is 0.795. The van der Waals surface area contributed by atoms with Gasteiger partial charge < -0.3 is 19.9 Å². The van der Waals surface area contributed by atoms with Gasteiger partial charge in [0.1, 0.15) is 0 Å². The van der Waals surface area contributed by atoms with E-state index in [0.717, 1.165) is 13.0 Å². The SMILES string of the molecule is COC(CC(C)(O)C1NCCc2ccccc21)OC. The number of aliphatic hydroxyl groups is 1. The number of rotatable bonds is 5. The van der Waals surface area contributed by atoms with Crippen LogP contribution in [-0.2, 0) is 15.9 Å². The summed E-state index contributed by atoms with van der Waals surface area (Å²) in [4.78, 5) is 0. The van der Waals surface area contributed by atoms with Crippen LogP contribution < -0.4 is 5.32 Å². The summed E-state index contributed by atoms with van der Waals surface area (Å²) in [6.45, 7) is 2.71. The largest absolute Gasteiger partial charge is 0.388 e. The number of hydrogen-bond acceptors (Lipinski definition) is 4. The van der Waals surface area contributed by atoms with Crippen molar-refractivity contribution in [1.82, 2.24) is 5.32 Å². The zero-order valence-electron chi connectivity index (χ0n) is 11.8. The number of methoxy groups -OCH3 is 2. The molecule has 106 valence electrons. The van der Waals surface area contributed by atoms with Crippen LogP contribution in [-0.4, -0.2) is 37.8 Å². The highest BCUT2D eigenvalue weighted by molar-refractivity contribution is 5.34. The van der Waals surface area contributed by atoms with E-state index in [1.807, 2.05) is 19.1 Å². The molecule has 0 saturated heterocycles. The molecule has 0 amide bonds. The van der Waals surface area contributed by atoms with Gasteiger partial charge in [-0.3, -0.25) is 0 Å². The van der Waals surface area contributed by atoms with Gasteiger partial charge in [0.15, 0.2) is 6.29 Å². The van der Waals surface area contributed by atoms with E-state index in [9.17, 15) is 5.11 Å². The molecule has 0 saturated carbocycles. The van der Waals surface area contributed by atoms with Gasteiger partial charge in [0.05, 0.1) is 11.6 Å². The summed E-state index contributed by atoms with van der Waals surface area (Å²) in [6.07, 6.45) is 1.03. The standard InChI is InChI=1S/C15H23NO3/c1-15(17,10-13(18-2)19-3)14-12-7-5-4-6-11(12)8-9-16-14/h4-7,13-14,16-17H,8-10H2,1-3H3. The molecular formula is C15H23NO3. The Kier molecular flexibility index (Phi) is 4.58. The minimum absolute atomic E-state index is 0.0924. The molecule has 4 heteroatoms. The van der Waals surface area contributed by atoms with Crippen LogP contribution in [0.25, 0.3) is 0 Å². The molecular weight excluding hydrogens is 242 g/mol. The fourth-order valence-electron chi connectivity index (χ4n) is 2.78. The maximum absolute atomic E-state index is 10.8. The summed E-state index contributed by atoms with van der Waals surface area (Å²) in [5.74, 6) is 0. The Hall–Kier alpha value is -0.940. The predicted molar refractivity (Wildman–Crippen MR) is 73.9 cm³/mol. The van der Waals surface area contributed by atoms with Crippen molar-refractivity contribution in [2.75, 3.05) is 20.8 Å². The Morgan fingerprint density at radius 3 is 2.74 bits per heavy atom. The monoisotopic (exact) mass is 265 g/mol. The summed E-state index contributed by atoms with van der Waals surface area (Å²) >= 11 is 0. The molecule has 1 aromatic rings. The highest BCUT2D eigenvalue weighted by Gasteiger charge is 2.37. The van der Waals surface area contributed by atoms with Crippen molar-refractivity contribution in [2.45, 2.75) is 37.7 Å². The molecule has 2 unspecified atom stereocenters. The van der Waals surface area contributed by atoms with Crippen molar-refractivity contribution in [1.29, 1.82) is 0 Å².